The second-order valence-electron chi connectivity index (χ2n) is 4.98. The summed E-state index contributed by atoms with van der Waals surface area (Å²) in [7, 11) is 0. The van der Waals surface area contributed by atoms with Crippen LogP contribution < -0.4 is 0 Å². The Hall–Kier alpha value is -1.36. The number of hydrogen-bond donors (Lipinski definition) is 0. The maximum absolute atomic E-state index is 13.4. The third-order valence-electron chi connectivity index (χ3n) is 2.30. The monoisotopic (exact) mass is 266 g/mol. The van der Waals surface area contributed by atoms with Crippen LogP contribution in [-0.2, 0) is 11.2 Å². The van der Waals surface area contributed by atoms with Crippen LogP contribution >= 0.6 is 11.8 Å². The molecular weight excluding hydrogens is 251 g/mol. The highest BCUT2D eigenvalue weighted by molar-refractivity contribution is 7.98. The van der Waals surface area contributed by atoms with Gasteiger partial charge in [-0.05, 0) is 12.1 Å². The van der Waals surface area contributed by atoms with Gasteiger partial charge in [0.2, 0.25) is 5.89 Å². The van der Waals surface area contributed by atoms with Crippen LogP contribution in [0.4, 0.5) is 4.39 Å². The molecule has 0 aliphatic heterocycles. The number of benzene rings is 1. The molecule has 1 aromatic heterocycles. The van der Waals surface area contributed by atoms with E-state index < -0.39 is 0 Å². The summed E-state index contributed by atoms with van der Waals surface area (Å²) < 4.78 is 18.6. The summed E-state index contributed by atoms with van der Waals surface area (Å²) in [5, 5.41) is 3.90. The molecule has 96 valence electrons. The third kappa shape index (κ3) is 3.10. The van der Waals surface area contributed by atoms with Gasteiger partial charge in [-0.25, -0.2) is 4.39 Å². The fourth-order valence-electron chi connectivity index (χ4n) is 1.32. The lowest BCUT2D eigenvalue weighted by Gasteiger charge is -2.10. The second-order valence-corrected chi connectivity index (χ2v) is 6.00. The summed E-state index contributed by atoms with van der Waals surface area (Å²) in [5.74, 6) is 1.47. The van der Waals surface area contributed by atoms with E-state index in [1.54, 1.807) is 12.1 Å². The van der Waals surface area contributed by atoms with Gasteiger partial charge >= 0.3 is 0 Å². The van der Waals surface area contributed by atoms with E-state index in [1.807, 2.05) is 26.8 Å². The highest BCUT2D eigenvalue weighted by atomic mass is 32.2. The molecule has 0 bridgehead atoms. The fraction of sp³-hybridized carbons (Fsp3) is 0.385. The summed E-state index contributed by atoms with van der Waals surface area (Å²) in [5.41, 5.74) is -0.159. The van der Waals surface area contributed by atoms with E-state index in [9.17, 15) is 4.39 Å². The summed E-state index contributed by atoms with van der Waals surface area (Å²) in [6.45, 7) is 6.02. The molecule has 0 fully saturated rings. The van der Waals surface area contributed by atoms with Gasteiger partial charge in [-0.1, -0.05) is 38.1 Å². The molecule has 5 heteroatoms. The van der Waals surface area contributed by atoms with Crippen LogP contribution in [0.5, 0.6) is 0 Å². The Morgan fingerprint density at radius 3 is 2.61 bits per heavy atom. The molecule has 0 unspecified atom stereocenters. The van der Waals surface area contributed by atoms with Gasteiger partial charge in [-0.3, -0.25) is 0 Å². The largest absolute Gasteiger partial charge is 0.339 e. The molecule has 0 atom stereocenters. The van der Waals surface area contributed by atoms with E-state index >= 15 is 0 Å². The van der Waals surface area contributed by atoms with E-state index in [0.29, 0.717) is 22.4 Å². The summed E-state index contributed by atoms with van der Waals surface area (Å²) >= 11 is 1.36. The first-order chi connectivity index (χ1) is 8.47. The molecule has 0 N–H and O–H groups in total. The lowest BCUT2D eigenvalue weighted by Crippen LogP contribution is -2.11. The molecule has 0 aliphatic carbocycles. The molecule has 0 saturated heterocycles. The number of thioether (sulfide) groups is 1. The van der Waals surface area contributed by atoms with E-state index in [2.05, 4.69) is 10.1 Å². The number of halogens is 1. The fourth-order valence-corrected chi connectivity index (χ4v) is 2.10. The summed E-state index contributed by atoms with van der Waals surface area (Å²) in [6.07, 6.45) is 0. The predicted molar refractivity (Wildman–Crippen MR) is 69.0 cm³/mol. The van der Waals surface area contributed by atoms with Crippen molar-refractivity contribution in [2.45, 2.75) is 36.8 Å². The Balaban J connectivity index is 2.03. The third-order valence-corrected chi connectivity index (χ3v) is 3.35. The topological polar surface area (TPSA) is 38.9 Å². The zero-order valence-electron chi connectivity index (χ0n) is 10.6. The average molecular weight is 266 g/mol. The quantitative estimate of drug-likeness (QED) is 0.792. The van der Waals surface area contributed by atoms with Crippen LogP contribution in [0.15, 0.2) is 33.7 Å². The molecule has 0 spiro atoms. The van der Waals surface area contributed by atoms with Gasteiger partial charge < -0.3 is 4.52 Å². The van der Waals surface area contributed by atoms with Crippen LogP contribution in [0, 0.1) is 5.82 Å². The molecule has 0 amide bonds. The van der Waals surface area contributed by atoms with Crippen molar-refractivity contribution >= 4 is 11.8 Å². The molecule has 1 heterocycles. The second kappa shape index (κ2) is 5.10. The van der Waals surface area contributed by atoms with Crippen LogP contribution in [0.2, 0.25) is 0 Å². The Bertz CT molecular complexity index is 534. The Labute approximate surface area is 110 Å². The SMILES string of the molecule is CC(C)(C)c1nc(CSc2ccccc2F)no1. The number of aromatic nitrogens is 2. The van der Waals surface area contributed by atoms with Crippen molar-refractivity contribution in [2.24, 2.45) is 0 Å². The first-order valence-corrected chi connectivity index (χ1v) is 6.66. The van der Waals surface area contributed by atoms with Crippen molar-refractivity contribution in [1.29, 1.82) is 0 Å². The van der Waals surface area contributed by atoms with Crippen molar-refractivity contribution in [3.8, 4) is 0 Å². The van der Waals surface area contributed by atoms with Crippen LogP contribution in [0.1, 0.15) is 32.5 Å². The molecule has 0 radical (unpaired) electrons. The van der Waals surface area contributed by atoms with E-state index in [-0.39, 0.29) is 11.2 Å². The first-order valence-electron chi connectivity index (χ1n) is 5.67. The number of rotatable bonds is 3. The van der Waals surface area contributed by atoms with Gasteiger partial charge in [-0.15, -0.1) is 11.8 Å². The smallest absolute Gasteiger partial charge is 0.232 e. The Morgan fingerprint density at radius 1 is 1.28 bits per heavy atom. The maximum Gasteiger partial charge on any atom is 0.232 e. The summed E-state index contributed by atoms with van der Waals surface area (Å²) in [4.78, 5) is 4.90. The zero-order valence-corrected chi connectivity index (χ0v) is 11.4. The van der Waals surface area contributed by atoms with Crippen LogP contribution in [-0.4, -0.2) is 10.1 Å². The summed E-state index contributed by atoms with van der Waals surface area (Å²) in [6, 6.07) is 6.66. The van der Waals surface area contributed by atoms with Crippen molar-refractivity contribution in [2.75, 3.05) is 0 Å². The van der Waals surface area contributed by atoms with Crippen molar-refractivity contribution in [3.63, 3.8) is 0 Å². The minimum absolute atomic E-state index is 0.159. The first kappa shape index (κ1) is 13.1. The van der Waals surface area contributed by atoms with Gasteiger partial charge in [0.05, 0.1) is 5.75 Å². The van der Waals surface area contributed by atoms with Gasteiger partial charge in [0.15, 0.2) is 5.82 Å². The number of hydrogen-bond acceptors (Lipinski definition) is 4. The molecule has 3 nitrogen and oxygen atoms in total. The van der Waals surface area contributed by atoms with Crippen LogP contribution in [0.25, 0.3) is 0 Å². The Morgan fingerprint density at radius 2 is 2.00 bits per heavy atom. The zero-order chi connectivity index (χ0) is 13.2. The lowest BCUT2D eigenvalue weighted by molar-refractivity contribution is 0.319. The van der Waals surface area contributed by atoms with Crippen LogP contribution in [0.3, 0.4) is 0 Å². The molecular formula is C13H15FN2OS. The highest BCUT2D eigenvalue weighted by Crippen LogP contribution is 2.25. The van der Waals surface area contributed by atoms with E-state index in [4.69, 9.17) is 4.52 Å². The lowest BCUT2D eigenvalue weighted by atomic mass is 9.97. The number of nitrogens with zero attached hydrogens (tertiary/aromatic N) is 2. The molecule has 0 saturated carbocycles. The highest BCUT2D eigenvalue weighted by Gasteiger charge is 2.21. The maximum atomic E-state index is 13.4. The van der Waals surface area contributed by atoms with Crippen molar-refractivity contribution in [3.05, 3.63) is 41.8 Å². The van der Waals surface area contributed by atoms with E-state index in [0.717, 1.165) is 0 Å². The van der Waals surface area contributed by atoms with Crippen molar-refractivity contribution < 1.29 is 8.91 Å². The van der Waals surface area contributed by atoms with Gasteiger partial charge in [0, 0.05) is 10.3 Å². The molecule has 18 heavy (non-hydrogen) atoms. The minimum atomic E-state index is -0.220. The Kier molecular flexibility index (Phi) is 3.71. The van der Waals surface area contributed by atoms with Gasteiger partial charge in [-0.2, -0.15) is 4.98 Å². The molecule has 2 rings (SSSR count). The standard InChI is InChI=1S/C13H15FN2OS/c1-13(2,3)12-15-11(16-17-12)8-18-10-7-5-4-6-9(10)14/h4-7H,8H2,1-3H3. The predicted octanol–water partition coefficient (Wildman–Crippen LogP) is 3.80. The molecule has 2 aromatic rings. The normalized spacial score (nSPS) is 11.8. The van der Waals surface area contributed by atoms with E-state index in [1.165, 1.54) is 17.8 Å². The minimum Gasteiger partial charge on any atom is -0.339 e. The van der Waals surface area contributed by atoms with Gasteiger partial charge in [0.25, 0.3) is 0 Å². The van der Waals surface area contributed by atoms with Crippen molar-refractivity contribution in [1.82, 2.24) is 10.1 Å². The van der Waals surface area contributed by atoms with Gasteiger partial charge in [0.1, 0.15) is 5.82 Å². The average Bonchev–Trinajstić information content (AvgIpc) is 2.76. The molecule has 1 aromatic carbocycles. The molecule has 0 aliphatic rings.